The summed E-state index contributed by atoms with van der Waals surface area (Å²) in [6, 6.07) is 18.2. The fourth-order valence-corrected chi connectivity index (χ4v) is 5.78. The van der Waals surface area contributed by atoms with Crippen LogP contribution in [-0.4, -0.2) is 37.0 Å². The van der Waals surface area contributed by atoms with Gasteiger partial charge in [0.15, 0.2) is 22.7 Å². The van der Waals surface area contributed by atoms with E-state index in [0.29, 0.717) is 32.2 Å². The molecule has 3 aromatic heterocycles. The van der Waals surface area contributed by atoms with Crippen LogP contribution in [0, 0.1) is 0 Å². The lowest BCUT2D eigenvalue weighted by molar-refractivity contribution is 0.361. The van der Waals surface area contributed by atoms with Crippen molar-refractivity contribution < 1.29 is 9.47 Å². The molecule has 0 atom stereocenters. The normalized spacial score (nSPS) is 11.6. The number of nitrogens with zero attached hydrogens (tertiary/aromatic N) is 6. The van der Waals surface area contributed by atoms with E-state index in [-0.39, 0.29) is 23.7 Å². The van der Waals surface area contributed by atoms with E-state index in [1.165, 1.54) is 37.1 Å². The van der Waals surface area contributed by atoms with Crippen molar-refractivity contribution in [2.75, 3.05) is 12.5 Å². The Morgan fingerprint density at radius 1 is 1.00 bits per heavy atom. The van der Waals surface area contributed by atoms with E-state index in [9.17, 15) is 9.59 Å². The highest BCUT2D eigenvalue weighted by Crippen LogP contribution is 2.34. The lowest BCUT2D eigenvalue weighted by atomic mass is 10.2. The molecule has 0 aliphatic rings. The molecule has 11 nitrogen and oxygen atoms in total. The number of hydrogen-bond donors (Lipinski definition) is 1. The van der Waals surface area contributed by atoms with E-state index in [1.807, 2.05) is 24.3 Å². The van der Waals surface area contributed by atoms with Gasteiger partial charge in [-0.15, -0.1) is 0 Å². The van der Waals surface area contributed by atoms with Crippen LogP contribution in [0.3, 0.4) is 0 Å². The number of hydrogen-bond acceptors (Lipinski definition) is 9. The van der Waals surface area contributed by atoms with Gasteiger partial charge in [0.2, 0.25) is 5.13 Å². The average Bonchev–Trinajstić information content (AvgIpc) is 3.58. The second-order valence-corrected chi connectivity index (χ2v) is 11.3. The lowest BCUT2D eigenvalue weighted by Crippen LogP contribution is -2.37. The number of methoxy groups -OCH3 is 1. The van der Waals surface area contributed by atoms with Gasteiger partial charge in [-0.2, -0.15) is 10.1 Å². The monoisotopic (exact) mass is 635 g/mol. The number of nitrogens with one attached hydrogen (secondary N) is 1. The Hall–Kier alpha value is -4.65. The largest absolute Gasteiger partial charge is 0.493 e. The van der Waals surface area contributed by atoms with Crippen LogP contribution < -0.4 is 26.1 Å². The number of benzene rings is 3. The topological polar surface area (TPSA) is 118 Å². The molecule has 0 aliphatic carbocycles. The van der Waals surface area contributed by atoms with E-state index in [4.69, 9.17) is 32.7 Å². The Balaban J connectivity index is 1.34. The summed E-state index contributed by atoms with van der Waals surface area (Å²) in [5.74, 6) is 0.730. The van der Waals surface area contributed by atoms with Gasteiger partial charge in [0.05, 0.1) is 30.1 Å². The van der Waals surface area contributed by atoms with Crippen LogP contribution in [0.1, 0.15) is 11.1 Å². The smallest absolute Gasteiger partial charge is 0.332 e. The van der Waals surface area contributed by atoms with Crippen molar-refractivity contribution in [3.63, 3.8) is 0 Å². The number of ether oxygens (including phenoxy) is 2. The van der Waals surface area contributed by atoms with Crippen molar-refractivity contribution in [2.24, 2.45) is 19.2 Å². The summed E-state index contributed by atoms with van der Waals surface area (Å²) in [4.78, 5) is 35.0. The average molecular weight is 637 g/mol. The van der Waals surface area contributed by atoms with Crippen molar-refractivity contribution in [1.29, 1.82) is 0 Å². The summed E-state index contributed by atoms with van der Waals surface area (Å²) in [5.41, 5.74) is 4.56. The minimum Gasteiger partial charge on any atom is -0.493 e. The highest BCUT2D eigenvalue weighted by Gasteiger charge is 2.22. The predicted octanol–water partition coefficient (Wildman–Crippen LogP) is 5.65. The molecule has 0 radical (unpaired) electrons. The second-order valence-electron chi connectivity index (χ2n) is 9.46. The molecule has 43 heavy (non-hydrogen) atoms. The Labute approximate surface area is 258 Å². The van der Waals surface area contributed by atoms with Crippen molar-refractivity contribution in [2.45, 2.75) is 6.54 Å². The molecule has 3 aromatic carbocycles. The molecule has 0 fully saturated rings. The first-order valence-electron chi connectivity index (χ1n) is 12.8. The van der Waals surface area contributed by atoms with E-state index >= 15 is 0 Å². The van der Waals surface area contributed by atoms with Gasteiger partial charge in [0, 0.05) is 24.1 Å². The third-order valence-corrected chi connectivity index (χ3v) is 8.24. The number of thiazole rings is 1. The Bertz CT molecular complexity index is 2130. The van der Waals surface area contributed by atoms with Crippen molar-refractivity contribution >= 4 is 67.3 Å². The number of halogens is 2. The van der Waals surface area contributed by atoms with E-state index in [0.717, 1.165) is 20.3 Å². The molecule has 1 N–H and O–H groups in total. The molecule has 3 heterocycles. The first kappa shape index (κ1) is 28.5. The fraction of sp³-hybridized carbons (Fsp3) is 0.138. The second kappa shape index (κ2) is 11.6. The number of aromatic nitrogens is 5. The third-order valence-electron chi connectivity index (χ3n) is 6.71. The molecule has 0 aliphatic heterocycles. The predicted molar refractivity (Wildman–Crippen MR) is 170 cm³/mol. The highest BCUT2D eigenvalue weighted by atomic mass is 35.5. The van der Waals surface area contributed by atoms with Gasteiger partial charge in [-0.25, -0.2) is 9.78 Å². The quantitative estimate of drug-likeness (QED) is 0.170. The first-order chi connectivity index (χ1) is 20.7. The molecule has 0 saturated heterocycles. The summed E-state index contributed by atoms with van der Waals surface area (Å²) >= 11 is 14.1. The van der Waals surface area contributed by atoms with Crippen molar-refractivity contribution in [3.05, 3.63) is 103 Å². The van der Waals surface area contributed by atoms with Crippen LogP contribution in [0.25, 0.3) is 21.4 Å². The van der Waals surface area contributed by atoms with Crippen LogP contribution >= 0.6 is 34.5 Å². The number of imidazole rings is 1. The minimum atomic E-state index is -0.523. The third kappa shape index (κ3) is 5.47. The first-order valence-corrected chi connectivity index (χ1v) is 14.4. The van der Waals surface area contributed by atoms with Crippen LogP contribution in [0.2, 0.25) is 10.0 Å². The maximum Gasteiger partial charge on any atom is 0.332 e. The van der Waals surface area contributed by atoms with Gasteiger partial charge < -0.3 is 9.47 Å². The Morgan fingerprint density at radius 3 is 2.58 bits per heavy atom. The molecule has 6 rings (SSSR count). The van der Waals surface area contributed by atoms with E-state index < -0.39 is 11.2 Å². The molecule has 0 bridgehead atoms. The molecule has 0 unspecified atom stereocenters. The standard InChI is InChI=1S/C29H23Cl2N7O4S/c1-36-25-24(26(39)37(2)29(36)40)38(15-17-9-10-18(30)13-19(17)31)28(34-25)42-21-11-8-16(12-22(21)41-3)14-32-35-27-33-20-6-4-5-7-23(20)43-27/h4-14H,15H2,1-3H3,(H,33,35). The highest BCUT2D eigenvalue weighted by molar-refractivity contribution is 7.22. The van der Waals surface area contributed by atoms with Crippen LogP contribution in [0.15, 0.2) is 75.4 Å². The molecule has 0 spiro atoms. The molecule has 14 heteroatoms. The summed E-state index contributed by atoms with van der Waals surface area (Å²) in [5, 5.41) is 5.86. The molecular formula is C29H23Cl2N7O4S. The Kier molecular flexibility index (Phi) is 7.65. The summed E-state index contributed by atoms with van der Waals surface area (Å²) in [6.45, 7) is 0.125. The maximum atomic E-state index is 13.3. The van der Waals surface area contributed by atoms with Crippen LogP contribution in [0.4, 0.5) is 5.13 Å². The molecular weight excluding hydrogens is 613 g/mol. The zero-order valence-electron chi connectivity index (χ0n) is 23.0. The van der Waals surface area contributed by atoms with Crippen LogP contribution in [0.5, 0.6) is 17.5 Å². The number of aryl methyl sites for hydroxylation is 1. The van der Waals surface area contributed by atoms with Crippen molar-refractivity contribution in [3.8, 4) is 17.5 Å². The molecule has 218 valence electrons. The zero-order valence-corrected chi connectivity index (χ0v) is 25.4. The van der Waals surface area contributed by atoms with Gasteiger partial charge in [0.1, 0.15) is 0 Å². The van der Waals surface area contributed by atoms with E-state index in [2.05, 4.69) is 20.5 Å². The van der Waals surface area contributed by atoms with Crippen LogP contribution in [-0.2, 0) is 20.6 Å². The number of rotatable bonds is 8. The van der Waals surface area contributed by atoms with Gasteiger partial charge in [-0.1, -0.05) is 52.7 Å². The Morgan fingerprint density at radius 2 is 1.81 bits per heavy atom. The van der Waals surface area contributed by atoms with Gasteiger partial charge in [-0.05, 0) is 53.6 Å². The number of anilines is 1. The summed E-state index contributed by atoms with van der Waals surface area (Å²) in [6.07, 6.45) is 1.63. The minimum absolute atomic E-state index is 0.0662. The van der Waals surface area contributed by atoms with Gasteiger partial charge >= 0.3 is 11.7 Å². The summed E-state index contributed by atoms with van der Waals surface area (Å²) < 4.78 is 16.8. The molecule has 0 saturated carbocycles. The van der Waals surface area contributed by atoms with E-state index in [1.54, 1.807) is 47.2 Å². The number of hydrazone groups is 1. The van der Waals surface area contributed by atoms with Gasteiger partial charge in [-0.3, -0.25) is 23.9 Å². The SMILES string of the molecule is COc1cc(C=NNc2nc3ccccc3s2)ccc1Oc1nc2c(c(=O)n(C)c(=O)n2C)n1Cc1ccc(Cl)cc1Cl. The fourth-order valence-electron chi connectivity index (χ4n) is 4.50. The lowest BCUT2D eigenvalue weighted by Gasteiger charge is -2.13. The molecule has 0 amide bonds. The molecule has 6 aromatic rings. The number of fused-ring (bicyclic) bond motifs is 2. The van der Waals surface area contributed by atoms with Crippen molar-refractivity contribution in [1.82, 2.24) is 23.7 Å². The zero-order chi connectivity index (χ0) is 30.2. The summed E-state index contributed by atoms with van der Waals surface area (Å²) in [7, 11) is 4.46. The maximum absolute atomic E-state index is 13.3. The number of para-hydroxylation sites is 1. The van der Waals surface area contributed by atoms with Gasteiger partial charge in [0.25, 0.3) is 5.56 Å².